The zero-order valence-corrected chi connectivity index (χ0v) is 18.0. The van der Waals surface area contributed by atoms with E-state index in [2.05, 4.69) is 5.32 Å². The second-order valence-corrected chi connectivity index (χ2v) is 8.29. The number of fused-ring (bicyclic) bond motifs is 1. The molecule has 1 heterocycles. The van der Waals surface area contributed by atoms with Crippen LogP contribution in [0.25, 0.3) is 0 Å². The summed E-state index contributed by atoms with van der Waals surface area (Å²) >= 11 is 5.90. The Morgan fingerprint density at radius 2 is 1.64 bits per heavy atom. The number of nitrogens with zero attached hydrogens (tertiary/aromatic N) is 1. The number of aromatic hydroxyl groups is 4. The summed E-state index contributed by atoms with van der Waals surface area (Å²) in [6.07, 6.45) is 0.886. The molecule has 0 radical (unpaired) electrons. The number of phenols is 4. The van der Waals surface area contributed by atoms with Crippen molar-refractivity contribution in [3.63, 3.8) is 0 Å². The molecule has 8 nitrogen and oxygen atoms in total. The van der Waals surface area contributed by atoms with Crippen molar-refractivity contribution < 1.29 is 30.0 Å². The van der Waals surface area contributed by atoms with Crippen LogP contribution >= 0.6 is 11.6 Å². The fourth-order valence-electron chi connectivity index (χ4n) is 4.08. The highest BCUT2D eigenvalue weighted by molar-refractivity contribution is 6.30. The average Bonchev–Trinajstić information content (AvgIpc) is 2.78. The van der Waals surface area contributed by atoms with E-state index in [1.54, 1.807) is 30.3 Å². The minimum absolute atomic E-state index is 0.124. The molecule has 2 atom stereocenters. The van der Waals surface area contributed by atoms with Crippen LogP contribution in [-0.4, -0.2) is 43.7 Å². The van der Waals surface area contributed by atoms with E-state index in [-0.39, 0.29) is 35.8 Å². The number of carbonyl (C=O) groups is 2. The quantitative estimate of drug-likeness (QED) is 0.288. The molecular formula is C24H21ClN2O6. The number of anilines is 1. The van der Waals surface area contributed by atoms with Gasteiger partial charge in [-0.25, -0.2) is 0 Å². The number of phenolic OH excluding ortho intramolecular Hbond substituents is 4. The molecule has 1 aliphatic heterocycles. The number of nitrogens with one attached hydrogen (secondary N) is 1. The van der Waals surface area contributed by atoms with Crippen LogP contribution in [0, 0.1) is 0 Å². The monoisotopic (exact) mass is 468 g/mol. The minimum Gasteiger partial charge on any atom is -0.504 e. The van der Waals surface area contributed by atoms with Crippen molar-refractivity contribution in [3.05, 3.63) is 76.3 Å². The normalized spacial score (nSPS) is 17.3. The molecule has 3 aromatic rings. The van der Waals surface area contributed by atoms with E-state index in [1.165, 1.54) is 29.2 Å². The maximum Gasteiger partial charge on any atom is 0.247 e. The number of amides is 2. The Balaban J connectivity index is 1.72. The Bertz CT molecular complexity index is 1210. The Kier molecular flexibility index (Phi) is 6.02. The topological polar surface area (TPSA) is 130 Å². The molecule has 170 valence electrons. The third-order valence-electron chi connectivity index (χ3n) is 5.73. The summed E-state index contributed by atoms with van der Waals surface area (Å²) in [5, 5.41) is 42.9. The van der Waals surface area contributed by atoms with Crippen LogP contribution in [0.3, 0.4) is 0 Å². The molecule has 5 N–H and O–H groups in total. The van der Waals surface area contributed by atoms with Gasteiger partial charge in [0.2, 0.25) is 12.3 Å². The lowest BCUT2D eigenvalue weighted by Crippen LogP contribution is -2.50. The van der Waals surface area contributed by atoms with Crippen LogP contribution in [-0.2, 0) is 22.4 Å². The van der Waals surface area contributed by atoms with E-state index in [0.717, 1.165) is 0 Å². The molecule has 0 spiro atoms. The van der Waals surface area contributed by atoms with Crippen molar-refractivity contribution in [1.82, 2.24) is 4.90 Å². The number of hydrogen-bond donors (Lipinski definition) is 5. The zero-order chi connectivity index (χ0) is 23.7. The number of hydrogen-bond acceptors (Lipinski definition) is 6. The van der Waals surface area contributed by atoms with E-state index < -0.39 is 18.0 Å². The van der Waals surface area contributed by atoms with Crippen LogP contribution in [0.5, 0.6) is 23.0 Å². The van der Waals surface area contributed by atoms with Crippen molar-refractivity contribution in [1.29, 1.82) is 0 Å². The highest BCUT2D eigenvalue weighted by Gasteiger charge is 2.38. The first-order valence-electron chi connectivity index (χ1n) is 10.1. The molecule has 3 aromatic carbocycles. The van der Waals surface area contributed by atoms with Crippen LogP contribution in [0.2, 0.25) is 5.02 Å². The Morgan fingerprint density at radius 3 is 2.30 bits per heavy atom. The molecule has 4 rings (SSSR count). The van der Waals surface area contributed by atoms with Crippen LogP contribution < -0.4 is 5.32 Å². The molecular weight excluding hydrogens is 448 g/mol. The predicted octanol–water partition coefficient (Wildman–Crippen LogP) is 3.47. The van der Waals surface area contributed by atoms with Gasteiger partial charge >= 0.3 is 0 Å². The van der Waals surface area contributed by atoms with Gasteiger partial charge in [0.05, 0.1) is 6.04 Å². The highest BCUT2D eigenvalue weighted by Crippen LogP contribution is 2.41. The molecule has 0 aromatic heterocycles. The van der Waals surface area contributed by atoms with Gasteiger partial charge in [0.15, 0.2) is 23.0 Å². The van der Waals surface area contributed by atoms with Crippen LogP contribution in [0.4, 0.5) is 5.69 Å². The molecule has 0 saturated heterocycles. The van der Waals surface area contributed by atoms with Gasteiger partial charge in [-0.05, 0) is 71.6 Å². The van der Waals surface area contributed by atoms with Gasteiger partial charge in [-0.3, -0.25) is 9.59 Å². The molecule has 33 heavy (non-hydrogen) atoms. The van der Waals surface area contributed by atoms with Gasteiger partial charge in [-0.2, -0.15) is 0 Å². The Morgan fingerprint density at radius 1 is 0.970 bits per heavy atom. The smallest absolute Gasteiger partial charge is 0.247 e. The van der Waals surface area contributed by atoms with Gasteiger partial charge in [0, 0.05) is 17.1 Å². The first kappa shape index (κ1) is 22.3. The van der Waals surface area contributed by atoms with Gasteiger partial charge < -0.3 is 30.6 Å². The molecule has 0 unspecified atom stereocenters. The summed E-state index contributed by atoms with van der Waals surface area (Å²) in [5.41, 5.74) is 2.28. The largest absolute Gasteiger partial charge is 0.504 e. The van der Waals surface area contributed by atoms with Crippen molar-refractivity contribution >= 4 is 29.6 Å². The molecule has 9 heteroatoms. The number of carbonyl (C=O) groups excluding carboxylic acids is 2. The number of benzene rings is 3. The lowest BCUT2D eigenvalue weighted by Gasteiger charge is -2.40. The van der Waals surface area contributed by atoms with E-state index in [4.69, 9.17) is 11.6 Å². The molecule has 0 bridgehead atoms. The molecule has 2 amide bonds. The summed E-state index contributed by atoms with van der Waals surface area (Å²) in [4.78, 5) is 26.7. The van der Waals surface area contributed by atoms with Crippen LogP contribution in [0.1, 0.15) is 22.7 Å². The summed E-state index contributed by atoms with van der Waals surface area (Å²) in [6.45, 7) is 0. The van der Waals surface area contributed by atoms with Gasteiger partial charge in [-0.15, -0.1) is 0 Å². The number of halogens is 1. The maximum atomic E-state index is 13.2. The number of rotatable bonds is 5. The van der Waals surface area contributed by atoms with Crippen molar-refractivity contribution in [2.45, 2.75) is 24.9 Å². The zero-order valence-electron chi connectivity index (χ0n) is 17.3. The van der Waals surface area contributed by atoms with E-state index in [9.17, 15) is 30.0 Å². The predicted molar refractivity (Wildman–Crippen MR) is 121 cm³/mol. The maximum absolute atomic E-state index is 13.2. The van der Waals surface area contributed by atoms with Crippen molar-refractivity contribution in [3.8, 4) is 23.0 Å². The fourth-order valence-corrected chi connectivity index (χ4v) is 4.21. The first-order valence-corrected chi connectivity index (χ1v) is 10.5. The Hall–Kier alpha value is -3.91. The van der Waals surface area contributed by atoms with E-state index >= 15 is 0 Å². The third kappa shape index (κ3) is 4.51. The summed E-state index contributed by atoms with van der Waals surface area (Å²) in [7, 11) is 0. The summed E-state index contributed by atoms with van der Waals surface area (Å²) in [5.74, 6) is -1.70. The third-order valence-corrected chi connectivity index (χ3v) is 5.99. The van der Waals surface area contributed by atoms with Gasteiger partial charge in [0.1, 0.15) is 6.04 Å². The first-order chi connectivity index (χ1) is 15.8. The lowest BCUT2D eigenvalue weighted by atomic mass is 9.84. The second kappa shape index (κ2) is 8.91. The SMILES string of the molecule is O=CN1[C@H](C(=O)Nc2ccc(Cl)cc2)Cc2cc(O)c(O)cc2[C@@H]1Cc1ccc(O)c(O)c1. The van der Waals surface area contributed by atoms with E-state index in [1.807, 2.05) is 0 Å². The van der Waals surface area contributed by atoms with Crippen molar-refractivity contribution in [2.24, 2.45) is 0 Å². The van der Waals surface area contributed by atoms with Gasteiger partial charge in [-0.1, -0.05) is 17.7 Å². The van der Waals surface area contributed by atoms with E-state index in [0.29, 0.717) is 33.8 Å². The van der Waals surface area contributed by atoms with Crippen molar-refractivity contribution in [2.75, 3.05) is 5.32 Å². The molecule has 0 fully saturated rings. The highest BCUT2D eigenvalue weighted by atomic mass is 35.5. The molecule has 0 aliphatic carbocycles. The van der Waals surface area contributed by atoms with Crippen LogP contribution in [0.15, 0.2) is 54.6 Å². The lowest BCUT2D eigenvalue weighted by molar-refractivity contribution is -0.132. The minimum atomic E-state index is -0.898. The second-order valence-electron chi connectivity index (χ2n) is 7.85. The Labute approximate surface area is 194 Å². The summed E-state index contributed by atoms with van der Waals surface area (Å²) in [6, 6.07) is 12.0. The fraction of sp³-hybridized carbons (Fsp3) is 0.167. The van der Waals surface area contributed by atoms with Gasteiger partial charge in [0.25, 0.3) is 0 Å². The molecule has 1 aliphatic rings. The summed E-state index contributed by atoms with van der Waals surface area (Å²) < 4.78 is 0. The molecule has 0 saturated carbocycles. The standard InChI is InChI=1S/C24H21ClN2O6/c25-15-2-4-16(5-3-15)26-24(33)19-9-14-10-22(31)23(32)11-17(14)18(27(19)12-28)7-13-1-6-20(29)21(30)8-13/h1-6,8,10-12,18-19,29-32H,7,9H2,(H,26,33)/t18-,19-/m0/s1. The average molecular weight is 469 g/mol.